The van der Waals surface area contributed by atoms with Crippen molar-refractivity contribution >= 4 is 43.1 Å². The number of hydrogen-bond acceptors (Lipinski definition) is 2. The topological polar surface area (TPSA) is 17.1 Å². The van der Waals surface area contributed by atoms with Crippen molar-refractivity contribution in [2.24, 2.45) is 0 Å². The van der Waals surface area contributed by atoms with Gasteiger partial charge in [-0.1, -0.05) is 48.5 Å². The molecule has 0 fully saturated rings. The van der Waals surface area contributed by atoms with Gasteiger partial charge in [-0.25, -0.2) is 0 Å². The van der Waals surface area contributed by atoms with E-state index in [0.717, 1.165) is 32.3 Å². The molecule has 0 bridgehead atoms. The van der Waals surface area contributed by atoms with E-state index in [1.807, 2.05) is 30.3 Å². The number of fused-ring (bicyclic) bond motifs is 1. The van der Waals surface area contributed by atoms with Crippen molar-refractivity contribution < 1.29 is 4.79 Å². The largest absolute Gasteiger partial charge is 0.293 e. The number of aryl methyl sites for hydroxylation is 1. The maximum absolute atomic E-state index is 12.4. The van der Waals surface area contributed by atoms with Crippen molar-refractivity contribution in [1.82, 2.24) is 0 Å². The second-order valence-electron chi connectivity index (χ2n) is 5.00. The Morgan fingerprint density at radius 3 is 2.48 bits per heavy atom. The lowest BCUT2D eigenvalue weighted by Gasteiger charge is -2.01. The van der Waals surface area contributed by atoms with Crippen LogP contribution in [-0.4, -0.2) is 5.78 Å². The fourth-order valence-electron chi connectivity index (χ4n) is 2.40. The fraction of sp³-hybridized carbons (Fsp3) is 0.167. The van der Waals surface area contributed by atoms with E-state index in [4.69, 9.17) is 0 Å². The number of thiophene rings is 1. The molecule has 3 aromatic rings. The number of Topliss-reactive ketones (excluding diaryl/α,β-unsaturated/α-hetero) is 1. The minimum absolute atomic E-state index is 0.235. The highest BCUT2D eigenvalue weighted by atomic mass is 79.9. The number of carbonyl (C=O) groups is 1. The Labute approximate surface area is 136 Å². The quantitative estimate of drug-likeness (QED) is 0.521. The molecule has 0 atom stereocenters. The molecule has 0 saturated carbocycles. The van der Waals surface area contributed by atoms with Gasteiger partial charge in [0.25, 0.3) is 0 Å². The molecule has 0 spiro atoms. The van der Waals surface area contributed by atoms with Gasteiger partial charge in [0.2, 0.25) is 0 Å². The first-order valence-corrected chi connectivity index (χ1v) is 8.61. The predicted octanol–water partition coefficient (Wildman–Crippen LogP) is 5.87. The first-order valence-electron chi connectivity index (χ1n) is 7.00. The number of carbonyl (C=O) groups excluding carboxylic acids is 1. The van der Waals surface area contributed by atoms with Gasteiger partial charge in [0.05, 0.1) is 4.88 Å². The van der Waals surface area contributed by atoms with Gasteiger partial charge in [-0.2, -0.15) is 0 Å². The molecule has 0 aliphatic rings. The molecule has 0 radical (unpaired) electrons. The molecule has 21 heavy (non-hydrogen) atoms. The van der Waals surface area contributed by atoms with Crippen LogP contribution in [-0.2, 0) is 6.42 Å². The van der Waals surface area contributed by atoms with Gasteiger partial charge < -0.3 is 0 Å². The summed E-state index contributed by atoms with van der Waals surface area (Å²) in [5.74, 6) is 0.235. The normalized spacial score (nSPS) is 10.9. The van der Waals surface area contributed by atoms with Gasteiger partial charge in [-0.05, 0) is 40.4 Å². The average Bonchev–Trinajstić information content (AvgIpc) is 2.86. The van der Waals surface area contributed by atoms with E-state index in [-0.39, 0.29) is 5.78 Å². The van der Waals surface area contributed by atoms with E-state index in [2.05, 4.69) is 40.2 Å². The molecule has 0 aliphatic heterocycles. The SMILES string of the molecule is O=C(CCCc1ccccc1)c1sc2ccccc2c1Br. The Bertz CT molecular complexity index is 761. The molecule has 1 nitrogen and oxygen atoms in total. The Hall–Kier alpha value is -1.45. The van der Waals surface area contributed by atoms with Crippen molar-refractivity contribution in [3.63, 3.8) is 0 Å². The summed E-state index contributed by atoms with van der Waals surface area (Å²) in [6.07, 6.45) is 2.44. The van der Waals surface area contributed by atoms with Crippen molar-refractivity contribution in [3.8, 4) is 0 Å². The summed E-state index contributed by atoms with van der Waals surface area (Å²) in [5.41, 5.74) is 1.29. The maximum Gasteiger partial charge on any atom is 0.173 e. The van der Waals surface area contributed by atoms with Gasteiger partial charge in [0.15, 0.2) is 5.78 Å². The molecule has 3 heteroatoms. The second-order valence-corrected chi connectivity index (χ2v) is 6.85. The van der Waals surface area contributed by atoms with E-state index >= 15 is 0 Å². The molecule has 0 saturated heterocycles. The summed E-state index contributed by atoms with van der Waals surface area (Å²) in [5, 5.41) is 1.13. The molecule has 1 heterocycles. The number of ketones is 1. The summed E-state index contributed by atoms with van der Waals surface area (Å²) in [4.78, 5) is 13.3. The first kappa shape index (κ1) is 14.5. The summed E-state index contributed by atoms with van der Waals surface area (Å²) in [7, 11) is 0. The molecular formula is C18H15BrOS. The van der Waals surface area contributed by atoms with E-state index < -0.39 is 0 Å². The smallest absolute Gasteiger partial charge is 0.173 e. The number of hydrogen-bond donors (Lipinski definition) is 0. The monoisotopic (exact) mass is 358 g/mol. The summed E-state index contributed by atoms with van der Waals surface area (Å²) < 4.78 is 2.11. The van der Waals surface area contributed by atoms with Gasteiger partial charge in [0, 0.05) is 21.0 Å². The predicted molar refractivity (Wildman–Crippen MR) is 93.2 cm³/mol. The lowest BCUT2D eigenvalue weighted by atomic mass is 10.1. The van der Waals surface area contributed by atoms with Crippen LogP contribution in [0.3, 0.4) is 0 Å². The standard InChI is InChI=1S/C18H15BrOS/c19-17-14-10-4-5-12-16(14)21-18(17)15(20)11-6-9-13-7-2-1-3-8-13/h1-5,7-8,10,12H,6,9,11H2. The molecule has 3 rings (SSSR count). The zero-order valence-electron chi connectivity index (χ0n) is 11.5. The molecule has 0 unspecified atom stereocenters. The highest BCUT2D eigenvalue weighted by Gasteiger charge is 2.15. The Morgan fingerprint density at radius 2 is 1.71 bits per heavy atom. The van der Waals surface area contributed by atoms with Gasteiger partial charge in [-0.15, -0.1) is 11.3 Å². The first-order chi connectivity index (χ1) is 10.3. The van der Waals surface area contributed by atoms with Crippen molar-refractivity contribution in [3.05, 3.63) is 69.5 Å². The van der Waals surface area contributed by atoms with Crippen LogP contribution < -0.4 is 0 Å². The van der Waals surface area contributed by atoms with Crippen molar-refractivity contribution in [1.29, 1.82) is 0 Å². The maximum atomic E-state index is 12.4. The van der Waals surface area contributed by atoms with Crippen LogP contribution in [0.25, 0.3) is 10.1 Å². The van der Waals surface area contributed by atoms with E-state index in [1.54, 1.807) is 11.3 Å². The van der Waals surface area contributed by atoms with Crippen LogP contribution in [0, 0.1) is 0 Å². The third kappa shape index (κ3) is 3.25. The third-order valence-corrected chi connectivity index (χ3v) is 5.80. The van der Waals surface area contributed by atoms with Crippen LogP contribution in [0.2, 0.25) is 0 Å². The van der Waals surface area contributed by atoms with Crippen LogP contribution >= 0.6 is 27.3 Å². The minimum Gasteiger partial charge on any atom is -0.293 e. The summed E-state index contributed by atoms with van der Waals surface area (Å²) >= 11 is 5.16. The summed E-state index contributed by atoms with van der Waals surface area (Å²) in [6.45, 7) is 0. The average molecular weight is 359 g/mol. The highest BCUT2D eigenvalue weighted by Crippen LogP contribution is 2.36. The van der Waals surface area contributed by atoms with Crippen molar-refractivity contribution in [2.45, 2.75) is 19.3 Å². The van der Waals surface area contributed by atoms with Crippen molar-refractivity contribution in [2.75, 3.05) is 0 Å². The fourth-order valence-corrected chi connectivity index (χ4v) is 4.41. The van der Waals surface area contributed by atoms with Crippen LogP contribution in [0.1, 0.15) is 28.1 Å². The van der Waals surface area contributed by atoms with E-state index in [0.29, 0.717) is 6.42 Å². The number of rotatable bonds is 5. The van der Waals surface area contributed by atoms with Crippen LogP contribution in [0.5, 0.6) is 0 Å². The Balaban J connectivity index is 1.68. The lowest BCUT2D eigenvalue weighted by Crippen LogP contribution is -1.98. The Kier molecular flexibility index (Phi) is 4.51. The lowest BCUT2D eigenvalue weighted by molar-refractivity contribution is 0.0983. The van der Waals surface area contributed by atoms with E-state index in [1.165, 1.54) is 5.56 Å². The zero-order chi connectivity index (χ0) is 14.7. The summed E-state index contributed by atoms with van der Waals surface area (Å²) in [6, 6.07) is 18.4. The van der Waals surface area contributed by atoms with Crippen LogP contribution in [0.4, 0.5) is 0 Å². The molecule has 106 valence electrons. The Morgan fingerprint density at radius 1 is 1.00 bits per heavy atom. The molecular weight excluding hydrogens is 344 g/mol. The second kappa shape index (κ2) is 6.54. The molecule has 0 N–H and O–H groups in total. The van der Waals surface area contributed by atoms with E-state index in [9.17, 15) is 4.79 Å². The third-order valence-electron chi connectivity index (χ3n) is 3.50. The van der Waals surface area contributed by atoms with Gasteiger partial charge in [-0.3, -0.25) is 4.79 Å². The van der Waals surface area contributed by atoms with Gasteiger partial charge in [0.1, 0.15) is 0 Å². The molecule has 0 aliphatic carbocycles. The molecule has 2 aromatic carbocycles. The number of benzene rings is 2. The van der Waals surface area contributed by atoms with Gasteiger partial charge >= 0.3 is 0 Å². The number of halogens is 1. The highest BCUT2D eigenvalue weighted by molar-refractivity contribution is 9.10. The molecule has 1 aromatic heterocycles. The molecule has 0 amide bonds. The van der Waals surface area contributed by atoms with Crippen LogP contribution in [0.15, 0.2) is 59.1 Å². The zero-order valence-corrected chi connectivity index (χ0v) is 13.9. The minimum atomic E-state index is 0.235.